The Morgan fingerprint density at radius 1 is 0.889 bits per heavy atom. The summed E-state index contributed by atoms with van der Waals surface area (Å²) >= 11 is 0. The lowest BCUT2D eigenvalue weighted by atomic mass is 10.1. The molecule has 108 valence electrons. The highest BCUT2D eigenvalue weighted by Gasteiger charge is 2.48. The molecular weight excluding hydrogens is 270 g/mol. The van der Waals surface area contributed by atoms with Gasteiger partial charge in [-0.05, 0) is 24.4 Å². The standard InChI is InChI=1S/C12H26O4P2/c1-7(2)5-9-10(13)18(16)12(15)11(14)17(9)6-8(3)4/h7-16H,5-6H2,1-4H3. The number of hydrogen-bond acceptors (Lipinski definition) is 4. The minimum absolute atomic E-state index is 0.0584. The van der Waals surface area contributed by atoms with Crippen LogP contribution in [-0.4, -0.2) is 49.6 Å². The Kier molecular flexibility index (Phi) is 6.44. The molecule has 18 heavy (non-hydrogen) atoms. The molecule has 1 aliphatic rings. The van der Waals surface area contributed by atoms with E-state index in [2.05, 4.69) is 27.7 Å². The van der Waals surface area contributed by atoms with Crippen molar-refractivity contribution in [1.29, 1.82) is 0 Å². The predicted octanol–water partition coefficient (Wildman–Crippen LogP) is 1.90. The van der Waals surface area contributed by atoms with E-state index in [-0.39, 0.29) is 5.66 Å². The van der Waals surface area contributed by atoms with E-state index in [4.69, 9.17) is 0 Å². The maximum absolute atomic E-state index is 10.2. The van der Waals surface area contributed by atoms with Gasteiger partial charge in [0.05, 0.1) is 8.15 Å². The third-order valence-corrected chi connectivity index (χ3v) is 8.86. The van der Waals surface area contributed by atoms with Gasteiger partial charge in [-0.2, -0.15) is 0 Å². The summed E-state index contributed by atoms with van der Waals surface area (Å²) in [5, 5.41) is 30.2. The highest BCUT2D eigenvalue weighted by atomic mass is 31.1. The number of aliphatic hydroxyl groups excluding tert-OH is 3. The molecule has 0 aromatic carbocycles. The van der Waals surface area contributed by atoms with Crippen LogP contribution in [0.4, 0.5) is 0 Å². The molecule has 0 amide bonds. The first-order chi connectivity index (χ1) is 8.25. The fourth-order valence-corrected chi connectivity index (χ4v) is 8.42. The summed E-state index contributed by atoms with van der Waals surface area (Å²) in [5.41, 5.74) is -0.0584. The first-order valence-electron chi connectivity index (χ1n) is 6.52. The Bertz CT molecular complexity index is 236. The molecule has 1 fully saturated rings. The molecule has 1 rings (SSSR count). The topological polar surface area (TPSA) is 80.9 Å². The first-order valence-corrected chi connectivity index (χ1v) is 9.62. The SMILES string of the molecule is CC(C)CC1C(O)P(O)C(O)C(O)P1CC(C)C. The van der Waals surface area contributed by atoms with Crippen LogP contribution in [0, 0.1) is 11.8 Å². The maximum Gasteiger partial charge on any atom is 0.130 e. The van der Waals surface area contributed by atoms with Crippen molar-refractivity contribution in [2.24, 2.45) is 11.8 Å². The van der Waals surface area contributed by atoms with Crippen LogP contribution in [0.5, 0.6) is 0 Å². The molecular formula is C12H26O4P2. The Labute approximate surface area is 112 Å². The van der Waals surface area contributed by atoms with Gasteiger partial charge in [-0.1, -0.05) is 35.6 Å². The molecule has 1 heterocycles. The summed E-state index contributed by atoms with van der Waals surface area (Å²) in [6.45, 7) is 8.31. The second-order valence-electron chi connectivity index (χ2n) is 5.91. The van der Waals surface area contributed by atoms with Crippen molar-refractivity contribution in [2.75, 3.05) is 6.16 Å². The maximum atomic E-state index is 10.2. The van der Waals surface area contributed by atoms with E-state index < -0.39 is 33.6 Å². The van der Waals surface area contributed by atoms with Crippen LogP contribution < -0.4 is 0 Å². The molecule has 1 saturated heterocycles. The molecule has 0 aromatic heterocycles. The van der Waals surface area contributed by atoms with E-state index in [0.29, 0.717) is 11.8 Å². The average molecular weight is 296 g/mol. The summed E-state index contributed by atoms with van der Waals surface area (Å²) in [6, 6.07) is 0. The lowest BCUT2D eigenvalue weighted by Gasteiger charge is -2.45. The van der Waals surface area contributed by atoms with E-state index in [0.717, 1.165) is 12.6 Å². The zero-order valence-corrected chi connectivity index (χ0v) is 13.4. The monoisotopic (exact) mass is 296 g/mol. The molecule has 6 unspecified atom stereocenters. The first kappa shape index (κ1) is 16.8. The fourth-order valence-electron chi connectivity index (χ4n) is 2.41. The van der Waals surface area contributed by atoms with Gasteiger partial charge < -0.3 is 20.2 Å². The second kappa shape index (κ2) is 6.92. The Morgan fingerprint density at radius 3 is 1.89 bits per heavy atom. The van der Waals surface area contributed by atoms with Crippen LogP contribution >= 0.6 is 16.1 Å². The smallest absolute Gasteiger partial charge is 0.130 e. The Hall–Kier alpha value is 0.700. The van der Waals surface area contributed by atoms with E-state index in [1.165, 1.54) is 0 Å². The largest absolute Gasteiger partial charge is 0.385 e. The Morgan fingerprint density at radius 2 is 1.44 bits per heavy atom. The molecule has 0 spiro atoms. The van der Waals surface area contributed by atoms with Gasteiger partial charge in [0.15, 0.2) is 0 Å². The van der Waals surface area contributed by atoms with Crippen LogP contribution in [0.3, 0.4) is 0 Å². The second-order valence-corrected chi connectivity index (χ2v) is 10.3. The van der Waals surface area contributed by atoms with Crippen LogP contribution in [-0.2, 0) is 0 Å². The van der Waals surface area contributed by atoms with Gasteiger partial charge in [0.2, 0.25) is 0 Å². The van der Waals surface area contributed by atoms with Crippen molar-refractivity contribution in [1.82, 2.24) is 0 Å². The average Bonchev–Trinajstić information content (AvgIpc) is 2.27. The van der Waals surface area contributed by atoms with Gasteiger partial charge in [0.1, 0.15) is 17.5 Å². The van der Waals surface area contributed by atoms with Crippen molar-refractivity contribution in [3.8, 4) is 0 Å². The minimum Gasteiger partial charge on any atom is -0.385 e. The van der Waals surface area contributed by atoms with Crippen molar-refractivity contribution in [3.05, 3.63) is 0 Å². The molecule has 1 aliphatic heterocycles. The Balaban J connectivity index is 2.90. The van der Waals surface area contributed by atoms with Gasteiger partial charge in [-0.3, -0.25) is 0 Å². The van der Waals surface area contributed by atoms with Crippen molar-refractivity contribution in [2.45, 2.75) is 57.3 Å². The third kappa shape index (κ3) is 3.85. The van der Waals surface area contributed by atoms with Crippen molar-refractivity contribution in [3.63, 3.8) is 0 Å². The summed E-state index contributed by atoms with van der Waals surface area (Å²) in [5.74, 6) is -2.03. The molecule has 0 saturated carbocycles. The number of rotatable bonds is 4. The highest BCUT2D eigenvalue weighted by molar-refractivity contribution is 7.64. The molecule has 0 aromatic rings. The normalized spacial score (nSPS) is 41.7. The van der Waals surface area contributed by atoms with Crippen molar-refractivity contribution < 1.29 is 20.2 Å². The molecule has 6 heteroatoms. The van der Waals surface area contributed by atoms with E-state index >= 15 is 0 Å². The summed E-state index contributed by atoms with van der Waals surface area (Å²) in [6.07, 6.45) is 1.62. The minimum atomic E-state index is -1.90. The van der Waals surface area contributed by atoms with Crippen LogP contribution in [0.25, 0.3) is 0 Å². The van der Waals surface area contributed by atoms with Crippen LogP contribution in [0.15, 0.2) is 0 Å². The molecule has 0 radical (unpaired) electrons. The van der Waals surface area contributed by atoms with Gasteiger partial charge in [0.25, 0.3) is 0 Å². The van der Waals surface area contributed by atoms with Crippen LogP contribution in [0.2, 0.25) is 0 Å². The zero-order valence-electron chi connectivity index (χ0n) is 11.6. The summed E-state index contributed by atoms with van der Waals surface area (Å²) in [4.78, 5) is 9.87. The highest BCUT2D eigenvalue weighted by Crippen LogP contribution is 2.64. The van der Waals surface area contributed by atoms with E-state index in [9.17, 15) is 20.2 Å². The molecule has 0 aliphatic carbocycles. The number of aliphatic hydroxyl groups is 3. The van der Waals surface area contributed by atoms with E-state index in [1.54, 1.807) is 0 Å². The van der Waals surface area contributed by atoms with Crippen LogP contribution in [0.1, 0.15) is 34.1 Å². The predicted molar refractivity (Wildman–Crippen MR) is 77.0 cm³/mol. The number of hydrogen-bond donors (Lipinski definition) is 4. The lowest BCUT2D eigenvalue weighted by molar-refractivity contribution is 0.102. The van der Waals surface area contributed by atoms with E-state index in [1.807, 2.05) is 0 Å². The summed E-state index contributed by atoms with van der Waals surface area (Å²) in [7, 11) is -2.76. The van der Waals surface area contributed by atoms with Crippen molar-refractivity contribution >= 4 is 16.1 Å². The van der Waals surface area contributed by atoms with Gasteiger partial charge in [-0.15, -0.1) is 0 Å². The van der Waals surface area contributed by atoms with Gasteiger partial charge in [-0.25, -0.2) is 0 Å². The molecule has 6 atom stereocenters. The molecule has 4 N–H and O–H groups in total. The summed E-state index contributed by atoms with van der Waals surface area (Å²) < 4.78 is 0. The molecule has 4 nitrogen and oxygen atoms in total. The third-order valence-electron chi connectivity index (χ3n) is 3.21. The zero-order chi connectivity index (χ0) is 14.0. The lowest BCUT2D eigenvalue weighted by Crippen LogP contribution is -2.42. The fraction of sp³-hybridized carbons (Fsp3) is 1.00. The van der Waals surface area contributed by atoms with Gasteiger partial charge >= 0.3 is 0 Å². The quantitative estimate of drug-likeness (QED) is 0.597. The van der Waals surface area contributed by atoms with Gasteiger partial charge in [0, 0.05) is 5.66 Å². The molecule has 0 bridgehead atoms.